The van der Waals surface area contributed by atoms with E-state index in [0.717, 1.165) is 12.2 Å². The molecular weight excluding hydrogens is 242 g/mol. The highest BCUT2D eigenvalue weighted by molar-refractivity contribution is 5.66. The Labute approximate surface area is 115 Å². The van der Waals surface area contributed by atoms with Crippen molar-refractivity contribution in [3.63, 3.8) is 0 Å². The Morgan fingerprint density at radius 1 is 1.47 bits per heavy atom. The minimum Gasteiger partial charge on any atom is -0.481 e. The first-order valence-electron chi connectivity index (χ1n) is 6.80. The average Bonchev–Trinajstić information content (AvgIpc) is 2.62. The van der Waals surface area contributed by atoms with Crippen LogP contribution in [0.4, 0.5) is 0 Å². The van der Waals surface area contributed by atoms with Gasteiger partial charge in [-0.05, 0) is 40.7 Å². The normalized spacial score (nSPS) is 13.2. The summed E-state index contributed by atoms with van der Waals surface area (Å²) in [7, 11) is 1.92. The SMILES string of the molecule is Cc1nn(C)cc1C(C)N(CCCC(=O)O)C(C)C. The summed E-state index contributed by atoms with van der Waals surface area (Å²) in [5.41, 5.74) is 2.26. The number of aryl methyl sites for hydroxylation is 2. The molecule has 5 nitrogen and oxygen atoms in total. The Hall–Kier alpha value is -1.36. The largest absolute Gasteiger partial charge is 0.481 e. The number of aliphatic carboxylic acids is 1. The van der Waals surface area contributed by atoms with E-state index in [4.69, 9.17) is 5.11 Å². The van der Waals surface area contributed by atoms with Gasteiger partial charge in [0.25, 0.3) is 0 Å². The highest BCUT2D eigenvalue weighted by atomic mass is 16.4. The zero-order valence-corrected chi connectivity index (χ0v) is 12.6. The van der Waals surface area contributed by atoms with Crippen molar-refractivity contribution >= 4 is 5.97 Å². The van der Waals surface area contributed by atoms with Crippen molar-refractivity contribution in [2.45, 2.75) is 52.6 Å². The lowest BCUT2D eigenvalue weighted by Gasteiger charge is -2.32. The molecule has 1 atom stereocenters. The first-order chi connectivity index (χ1) is 8.82. The summed E-state index contributed by atoms with van der Waals surface area (Å²) >= 11 is 0. The van der Waals surface area contributed by atoms with E-state index in [2.05, 4.69) is 30.8 Å². The summed E-state index contributed by atoms with van der Waals surface area (Å²) in [5.74, 6) is -0.728. The molecule has 1 N–H and O–H groups in total. The fourth-order valence-corrected chi connectivity index (χ4v) is 2.52. The Morgan fingerprint density at radius 2 is 2.11 bits per heavy atom. The molecule has 0 radical (unpaired) electrons. The maximum atomic E-state index is 10.6. The third-order valence-corrected chi connectivity index (χ3v) is 3.47. The predicted octanol–water partition coefficient (Wildman–Crippen LogP) is 2.36. The van der Waals surface area contributed by atoms with E-state index in [0.29, 0.717) is 12.5 Å². The van der Waals surface area contributed by atoms with Crippen molar-refractivity contribution in [3.8, 4) is 0 Å². The zero-order valence-electron chi connectivity index (χ0n) is 12.6. The summed E-state index contributed by atoms with van der Waals surface area (Å²) < 4.78 is 1.83. The molecule has 0 bridgehead atoms. The lowest BCUT2D eigenvalue weighted by molar-refractivity contribution is -0.137. The van der Waals surface area contributed by atoms with Crippen molar-refractivity contribution in [2.24, 2.45) is 7.05 Å². The number of carboxylic acid groups (broad SMARTS) is 1. The van der Waals surface area contributed by atoms with Crippen LogP contribution in [0.3, 0.4) is 0 Å². The molecule has 5 heteroatoms. The second kappa shape index (κ2) is 6.70. The van der Waals surface area contributed by atoms with Crippen LogP contribution >= 0.6 is 0 Å². The molecule has 0 aromatic carbocycles. The number of carboxylic acids is 1. The number of rotatable bonds is 7. The molecule has 0 amide bonds. The van der Waals surface area contributed by atoms with E-state index in [1.807, 2.05) is 24.9 Å². The Bertz CT molecular complexity index is 426. The van der Waals surface area contributed by atoms with Crippen LogP contribution in [0.25, 0.3) is 0 Å². The van der Waals surface area contributed by atoms with Crippen molar-refractivity contribution in [3.05, 3.63) is 17.5 Å². The van der Waals surface area contributed by atoms with Gasteiger partial charge in [-0.1, -0.05) is 0 Å². The number of aromatic nitrogens is 2. The third-order valence-electron chi connectivity index (χ3n) is 3.47. The van der Waals surface area contributed by atoms with E-state index in [9.17, 15) is 4.79 Å². The van der Waals surface area contributed by atoms with Gasteiger partial charge in [0.15, 0.2) is 0 Å². The van der Waals surface area contributed by atoms with Crippen molar-refractivity contribution in [1.29, 1.82) is 0 Å². The Balaban J connectivity index is 2.75. The van der Waals surface area contributed by atoms with Gasteiger partial charge in [0.05, 0.1) is 5.69 Å². The van der Waals surface area contributed by atoms with E-state index >= 15 is 0 Å². The van der Waals surface area contributed by atoms with Gasteiger partial charge in [-0.3, -0.25) is 14.4 Å². The fraction of sp³-hybridized carbons (Fsp3) is 0.714. The van der Waals surface area contributed by atoms with Crippen LogP contribution in [-0.2, 0) is 11.8 Å². The molecule has 19 heavy (non-hydrogen) atoms. The molecule has 1 aromatic rings. The standard InChI is InChI=1S/C14H25N3O2/c1-10(2)17(8-6-7-14(18)19)12(4)13-9-16(5)15-11(13)3/h9-10,12H,6-8H2,1-5H3,(H,18,19). The molecule has 1 unspecified atom stereocenters. The Morgan fingerprint density at radius 3 is 2.53 bits per heavy atom. The van der Waals surface area contributed by atoms with E-state index in [1.165, 1.54) is 5.56 Å². The van der Waals surface area contributed by atoms with E-state index in [-0.39, 0.29) is 12.5 Å². The first-order valence-corrected chi connectivity index (χ1v) is 6.80. The van der Waals surface area contributed by atoms with E-state index in [1.54, 1.807) is 0 Å². The molecule has 1 rings (SSSR count). The summed E-state index contributed by atoms with van der Waals surface area (Å²) in [4.78, 5) is 12.9. The first kappa shape index (κ1) is 15.7. The molecule has 0 saturated heterocycles. The van der Waals surface area contributed by atoms with Crippen LogP contribution in [-0.4, -0.2) is 38.3 Å². The van der Waals surface area contributed by atoms with Gasteiger partial charge < -0.3 is 5.11 Å². The molecule has 108 valence electrons. The maximum Gasteiger partial charge on any atom is 0.303 e. The maximum absolute atomic E-state index is 10.6. The fourth-order valence-electron chi connectivity index (χ4n) is 2.52. The molecule has 0 spiro atoms. The van der Waals surface area contributed by atoms with Gasteiger partial charge in [0.2, 0.25) is 0 Å². The van der Waals surface area contributed by atoms with Crippen molar-refractivity contribution in [2.75, 3.05) is 6.54 Å². The molecule has 0 aliphatic carbocycles. The molecule has 1 heterocycles. The highest BCUT2D eigenvalue weighted by Crippen LogP contribution is 2.25. The van der Waals surface area contributed by atoms with Crippen LogP contribution in [0.1, 0.15) is 50.9 Å². The second-order valence-corrected chi connectivity index (χ2v) is 5.35. The Kier molecular flexibility index (Phi) is 5.54. The summed E-state index contributed by atoms with van der Waals surface area (Å²) in [6.45, 7) is 9.25. The predicted molar refractivity (Wildman–Crippen MR) is 75.1 cm³/mol. The van der Waals surface area contributed by atoms with Crippen LogP contribution in [0.5, 0.6) is 0 Å². The monoisotopic (exact) mass is 267 g/mol. The van der Waals surface area contributed by atoms with Gasteiger partial charge in [-0.25, -0.2) is 0 Å². The smallest absolute Gasteiger partial charge is 0.303 e. The van der Waals surface area contributed by atoms with Gasteiger partial charge in [0, 0.05) is 37.3 Å². The van der Waals surface area contributed by atoms with Gasteiger partial charge >= 0.3 is 5.97 Å². The van der Waals surface area contributed by atoms with Gasteiger partial charge in [0.1, 0.15) is 0 Å². The number of nitrogens with zero attached hydrogens (tertiary/aromatic N) is 3. The number of hydrogen-bond acceptors (Lipinski definition) is 3. The third kappa shape index (κ3) is 4.35. The molecular formula is C14H25N3O2. The minimum atomic E-state index is -0.728. The lowest BCUT2D eigenvalue weighted by atomic mass is 10.1. The summed E-state index contributed by atoms with van der Waals surface area (Å²) in [6.07, 6.45) is 2.95. The van der Waals surface area contributed by atoms with Crippen LogP contribution in [0.2, 0.25) is 0 Å². The second-order valence-electron chi connectivity index (χ2n) is 5.35. The highest BCUT2D eigenvalue weighted by Gasteiger charge is 2.21. The van der Waals surface area contributed by atoms with Crippen molar-refractivity contribution < 1.29 is 9.90 Å². The minimum absolute atomic E-state index is 0.224. The van der Waals surface area contributed by atoms with Crippen molar-refractivity contribution in [1.82, 2.24) is 14.7 Å². The number of carbonyl (C=O) groups is 1. The van der Waals surface area contributed by atoms with Gasteiger partial charge in [-0.15, -0.1) is 0 Å². The zero-order chi connectivity index (χ0) is 14.6. The van der Waals surface area contributed by atoms with Crippen LogP contribution in [0, 0.1) is 6.92 Å². The van der Waals surface area contributed by atoms with E-state index < -0.39 is 5.97 Å². The van der Waals surface area contributed by atoms with Gasteiger partial charge in [-0.2, -0.15) is 5.10 Å². The molecule has 0 saturated carbocycles. The molecule has 0 aliphatic heterocycles. The average molecular weight is 267 g/mol. The van der Waals surface area contributed by atoms with Crippen LogP contribution < -0.4 is 0 Å². The molecule has 0 fully saturated rings. The lowest BCUT2D eigenvalue weighted by Crippen LogP contribution is -2.34. The number of hydrogen-bond donors (Lipinski definition) is 1. The molecule has 1 aromatic heterocycles. The quantitative estimate of drug-likeness (QED) is 0.824. The molecule has 0 aliphatic rings. The van der Waals surface area contributed by atoms with Crippen LogP contribution in [0.15, 0.2) is 6.20 Å². The summed E-state index contributed by atoms with van der Waals surface area (Å²) in [6, 6.07) is 0.630. The topological polar surface area (TPSA) is 58.4 Å². The summed E-state index contributed by atoms with van der Waals surface area (Å²) in [5, 5.41) is 13.1.